The lowest BCUT2D eigenvalue weighted by molar-refractivity contribution is 0.0467. The molecule has 0 fully saturated rings. The Morgan fingerprint density at radius 2 is 1.55 bits per heavy atom. The maximum Gasteiger partial charge on any atom is 0.126 e. The van der Waals surface area contributed by atoms with Crippen molar-refractivity contribution >= 4 is 0 Å². The van der Waals surface area contributed by atoms with Crippen LogP contribution in [0.2, 0.25) is 0 Å². The summed E-state index contributed by atoms with van der Waals surface area (Å²) in [6.07, 6.45) is -0.974. The van der Waals surface area contributed by atoms with E-state index in [2.05, 4.69) is 0 Å². The summed E-state index contributed by atoms with van der Waals surface area (Å²) in [7, 11) is 0. The molecule has 3 nitrogen and oxygen atoms in total. The summed E-state index contributed by atoms with van der Waals surface area (Å²) in [4.78, 5) is 0. The Bertz CT molecular complexity index is 508. The van der Waals surface area contributed by atoms with Gasteiger partial charge in [-0.25, -0.2) is 0 Å². The van der Waals surface area contributed by atoms with E-state index in [9.17, 15) is 5.11 Å². The van der Waals surface area contributed by atoms with Gasteiger partial charge in [-0.1, -0.05) is 30.3 Å². The first-order chi connectivity index (χ1) is 9.70. The van der Waals surface area contributed by atoms with E-state index in [0.29, 0.717) is 6.61 Å². The third kappa shape index (κ3) is 3.75. The monoisotopic (exact) mass is 272 g/mol. The van der Waals surface area contributed by atoms with Crippen LogP contribution in [0.1, 0.15) is 25.5 Å². The van der Waals surface area contributed by atoms with Gasteiger partial charge in [0.2, 0.25) is 0 Å². The minimum atomic E-state index is -0.650. The Labute approximate surface area is 119 Å². The third-order valence-corrected chi connectivity index (χ3v) is 3.04. The van der Waals surface area contributed by atoms with Crippen molar-refractivity contribution in [2.45, 2.75) is 26.1 Å². The van der Waals surface area contributed by atoms with Gasteiger partial charge >= 0.3 is 0 Å². The molecule has 0 radical (unpaired) electrons. The van der Waals surface area contributed by atoms with E-state index in [4.69, 9.17) is 9.47 Å². The van der Waals surface area contributed by atoms with Crippen molar-refractivity contribution in [3.05, 3.63) is 60.2 Å². The largest absolute Gasteiger partial charge is 0.494 e. The first kappa shape index (κ1) is 14.4. The molecule has 2 aromatic carbocycles. The van der Waals surface area contributed by atoms with Crippen LogP contribution < -0.4 is 9.47 Å². The molecule has 0 aliphatic carbocycles. The van der Waals surface area contributed by atoms with Crippen LogP contribution in [0, 0.1) is 0 Å². The zero-order valence-corrected chi connectivity index (χ0v) is 11.8. The van der Waals surface area contributed by atoms with Crippen LogP contribution in [0.3, 0.4) is 0 Å². The van der Waals surface area contributed by atoms with E-state index in [-0.39, 0.29) is 6.10 Å². The number of aliphatic hydroxyl groups is 1. The van der Waals surface area contributed by atoms with Crippen LogP contribution in [-0.4, -0.2) is 17.8 Å². The predicted octanol–water partition coefficient (Wildman–Crippen LogP) is 3.59. The number of rotatable bonds is 6. The molecule has 0 aromatic heterocycles. The van der Waals surface area contributed by atoms with E-state index < -0.39 is 6.10 Å². The molecule has 20 heavy (non-hydrogen) atoms. The third-order valence-electron chi connectivity index (χ3n) is 3.04. The molecule has 0 aliphatic heterocycles. The average Bonchev–Trinajstić information content (AvgIpc) is 2.49. The summed E-state index contributed by atoms with van der Waals surface area (Å²) in [5.74, 6) is 1.53. The second kappa shape index (κ2) is 6.96. The Kier molecular flexibility index (Phi) is 5.02. The van der Waals surface area contributed by atoms with E-state index in [1.807, 2.05) is 68.4 Å². The van der Waals surface area contributed by atoms with Crippen LogP contribution in [0.15, 0.2) is 54.6 Å². The number of aliphatic hydroxyl groups excluding tert-OH is 1. The highest BCUT2D eigenvalue weighted by atomic mass is 16.5. The molecule has 2 atom stereocenters. The number of benzene rings is 2. The van der Waals surface area contributed by atoms with Crippen molar-refractivity contribution in [3.8, 4) is 11.5 Å². The topological polar surface area (TPSA) is 38.7 Å². The zero-order valence-electron chi connectivity index (χ0n) is 11.8. The van der Waals surface area contributed by atoms with Gasteiger partial charge in [-0.3, -0.25) is 0 Å². The average molecular weight is 272 g/mol. The first-order valence-corrected chi connectivity index (χ1v) is 6.83. The Hall–Kier alpha value is -2.00. The number of hydrogen-bond acceptors (Lipinski definition) is 3. The minimum Gasteiger partial charge on any atom is -0.494 e. The van der Waals surface area contributed by atoms with E-state index in [0.717, 1.165) is 17.1 Å². The van der Waals surface area contributed by atoms with Crippen molar-refractivity contribution in [3.63, 3.8) is 0 Å². The Morgan fingerprint density at radius 3 is 2.15 bits per heavy atom. The van der Waals surface area contributed by atoms with Crippen LogP contribution >= 0.6 is 0 Å². The van der Waals surface area contributed by atoms with Crippen molar-refractivity contribution < 1.29 is 14.6 Å². The summed E-state index contributed by atoms with van der Waals surface area (Å²) in [5, 5.41) is 10.2. The summed E-state index contributed by atoms with van der Waals surface area (Å²) < 4.78 is 11.1. The van der Waals surface area contributed by atoms with Crippen LogP contribution in [0.25, 0.3) is 0 Å². The summed E-state index contributed by atoms with van der Waals surface area (Å²) in [6, 6.07) is 16.9. The normalized spacial score (nSPS) is 13.6. The highest BCUT2D eigenvalue weighted by molar-refractivity contribution is 5.31. The maximum absolute atomic E-state index is 10.2. The van der Waals surface area contributed by atoms with Gasteiger partial charge in [0.1, 0.15) is 23.7 Å². The fraction of sp³-hybridized carbons (Fsp3) is 0.294. The standard InChI is InChI=1S/C17H20O3/c1-3-19-15-9-11-16(12-10-15)20-13(2)17(18)14-7-5-4-6-8-14/h4-13,17-18H,3H2,1-2H3. The second-order valence-corrected chi connectivity index (χ2v) is 4.58. The SMILES string of the molecule is CCOc1ccc(OC(C)C(O)c2ccccc2)cc1. The zero-order chi connectivity index (χ0) is 14.4. The molecule has 1 N–H and O–H groups in total. The van der Waals surface area contributed by atoms with Crippen LogP contribution in [-0.2, 0) is 0 Å². The van der Waals surface area contributed by atoms with Gasteiger partial charge in [-0.2, -0.15) is 0 Å². The summed E-state index contributed by atoms with van der Waals surface area (Å²) in [6.45, 7) is 4.44. The van der Waals surface area contributed by atoms with Gasteiger partial charge in [-0.05, 0) is 43.7 Å². The lowest BCUT2D eigenvalue weighted by Crippen LogP contribution is -2.21. The maximum atomic E-state index is 10.2. The quantitative estimate of drug-likeness (QED) is 0.873. The van der Waals surface area contributed by atoms with E-state index in [1.54, 1.807) is 0 Å². The molecular formula is C17H20O3. The van der Waals surface area contributed by atoms with Gasteiger partial charge in [0.25, 0.3) is 0 Å². The van der Waals surface area contributed by atoms with Crippen molar-refractivity contribution in [1.82, 2.24) is 0 Å². The van der Waals surface area contributed by atoms with Crippen LogP contribution in [0.5, 0.6) is 11.5 Å². The minimum absolute atomic E-state index is 0.324. The molecule has 0 amide bonds. The molecule has 0 aliphatic rings. The molecule has 2 rings (SSSR count). The van der Waals surface area contributed by atoms with E-state index >= 15 is 0 Å². The molecular weight excluding hydrogens is 252 g/mol. The molecule has 0 bridgehead atoms. The highest BCUT2D eigenvalue weighted by Gasteiger charge is 2.17. The molecule has 106 valence electrons. The Morgan fingerprint density at radius 1 is 0.950 bits per heavy atom. The Balaban J connectivity index is 1.98. The lowest BCUT2D eigenvalue weighted by atomic mass is 10.1. The molecule has 3 heteroatoms. The smallest absolute Gasteiger partial charge is 0.126 e. The fourth-order valence-corrected chi connectivity index (χ4v) is 1.98. The molecule has 0 saturated carbocycles. The number of ether oxygens (including phenoxy) is 2. The van der Waals surface area contributed by atoms with Gasteiger partial charge in [-0.15, -0.1) is 0 Å². The van der Waals surface area contributed by atoms with Gasteiger partial charge < -0.3 is 14.6 Å². The molecule has 2 aromatic rings. The molecule has 0 heterocycles. The van der Waals surface area contributed by atoms with E-state index in [1.165, 1.54) is 0 Å². The fourth-order valence-electron chi connectivity index (χ4n) is 1.98. The highest BCUT2D eigenvalue weighted by Crippen LogP contribution is 2.23. The molecule has 2 unspecified atom stereocenters. The molecule has 0 spiro atoms. The van der Waals surface area contributed by atoms with Crippen molar-refractivity contribution in [1.29, 1.82) is 0 Å². The van der Waals surface area contributed by atoms with Gasteiger partial charge in [0.15, 0.2) is 0 Å². The van der Waals surface area contributed by atoms with Gasteiger partial charge in [0.05, 0.1) is 6.61 Å². The van der Waals surface area contributed by atoms with Gasteiger partial charge in [0, 0.05) is 0 Å². The number of hydrogen-bond donors (Lipinski definition) is 1. The molecule has 0 saturated heterocycles. The van der Waals surface area contributed by atoms with Crippen molar-refractivity contribution in [2.24, 2.45) is 0 Å². The summed E-state index contributed by atoms with van der Waals surface area (Å²) >= 11 is 0. The van der Waals surface area contributed by atoms with Crippen molar-refractivity contribution in [2.75, 3.05) is 6.61 Å². The van der Waals surface area contributed by atoms with Crippen LogP contribution in [0.4, 0.5) is 0 Å². The second-order valence-electron chi connectivity index (χ2n) is 4.58. The first-order valence-electron chi connectivity index (χ1n) is 6.83. The predicted molar refractivity (Wildman–Crippen MR) is 79.1 cm³/mol. The summed E-state index contributed by atoms with van der Waals surface area (Å²) in [5.41, 5.74) is 0.853. The lowest BCUT2D eigenvalue weighted by Gasteiger charge is -2.21.